The van der Waals surface area contributed by atoms with Crippen LogP contribution in [0, 0.1) is 50.2 Å². The third-order valence-corrected chi connectivity index (χ3v) is 15.7. The molecular weight excluding hydrogens is 632 g/mol. The Morgan fingerprint density at radius 3 is 2.16 bits per heavy atom. The maximum absolute atomic E-state index is 13.9. The van der Waals surface area contributed by atoms with E-state index in [1.165, 1.54) is 0 Å². The topological polar surface area (TPSA) is 134 Å². The molecule has 5 aliphatic carbocycles. The molecule has 3 unspecified atom stereocenters. The minimum absolute atomic E-state index is 0.0828. The van der Waals surface area contributed by atoms with Crippen LogP contribution >= 0.6 is 0 Å². The van der Waals surface area contributed by atoms with Crippen LogP contribution in [0.25, 0.3) is 0 Å². The van der Waals surface area contributed by atoms with Crippen molar-refractivity contribution in [3.63, 3.8) is 0 Å². The minimum atomic E-state index is -1.55. The van der Waals surface area contributed by atoms with Crippen LogP contribution in [0.4, 0.5) is 0 Å². The predicted octanol–water partition coefficient (Wildman–Crippen LogP) is 6.41. The van der Waals surface area contributed by atoms with Crippen molar-refractivity contribution in [1.82, 2.24) is 0 Å². The molecule has 0 amide bonds. The maximum atomic E-state index is 13.9. The molecule has 0 radical (unpaired) electrons. The first kappa shape index (κ1) is 37.2. The first-order chi connectivity index (χ1) is 23.3. The van der Waals surface area contributed by atoms with Gasteiger partial charge in [0, 0.05) is 16.4 Å². The van der Waals surface area contributed by atoms with Crippen LogP contribution < -0.4 is 0 Å². The predicted molar refractivity (Wildman–Crippen MR) is 191 cm³/mol. The molecule has 0 saturated heterocycles. The molecule has 0 bridgehead atoms. The standard InChI is InChI=1S/C42H60O8/c1-10-24(2)35(47)49-33-34(50-36(48)25-14-12-11-13-15-25)42(23-43)27(22-37(33,3)4)26-16-17-29-39(7)20-19-30(44)38(5,6)28(39)18-21-40(29,8)41(26,9)31(45)32(42)46/h10-16,27-34,43-46H,17-23H2,1-9H3/t27?,28?,29?,30-,31-,32+,33-,34-,39-,40+,41-,42-/m0/s1. The Morgan fingerprint density at radius 2 is 1.54 bits per heavy atom. The monoisotopic (exact) mass is 692 g/mol. The molecule has 4 saturated carbocycles. The smallest absolute Gasteiger partial charge is 0.338 e. The van der Waals surface area contributed by atoms with Crippen molar-refractivity contribution in [1.29, 1.82) is 0 Å². The van der Waals surface area contributed by atoms with E-state index >= 15 is 0 Å². The fraction of sp³-hybridized carbons (Fsp3) is 0.714. The van der Waals surface area contributed by atoms with E-state index in [1.807, 2.05) is 13.8 Å². The number of aliphatic hydroxyl groups excluding tert-OH is 4. The second-order valence-corrected chi connectivity index (χ2v) is 18.4. The van der Waals surface area contributed by atoms with Gasteiger partial charge in [0.05, 0.1) is 35.9 Å². The molecule has 1 aromatic carbocycles. The number of hydrogen-bond donors (Lipinski definition) is 4. The summed E-state index contributed by atoms with van der Waals surface area (Å²) in [5.41, 5.74) is -2.21. The van der Waals surface area contributed by atoms with Crippen molar-refractivity contribution in [3.8, 4) is 0 Å². The van der Waals surface area contributed by atoms with Gasteiger partial charge in [0.15, 0.2) is 6.10 Å². The van der Waals surface area contributed by atoms with Crippen LogP contribution in [-0.2, 0) is 14.3 Å². The first-order valence-corrected chi connectivity index (χ1v) is 18.7. The second kappa shape index (κ2) is 12.3. The summed E-state index contributed by atoms with van der Waals surface area (Å²) in [6, 6.07) is 8.54. The normalized spacial score (nSPS) is 44.7. The van der Waals surface area contributed by atoms with Crippen molar-refractivity contribution in [2.45, 2.75) is 131 Å². The molecular formula is C42H60O8. The van der Waals surface area contributed by atoms with Gasteiger partial charge >= 0.3 is 11.9 Å². The Hall–Kier alpha value is -2.52. The Morgan fingerprint density at radius 1 is 0.880 bits per heavy atom. The molecule has 50 heavy (non-hydrogen) atoms. The highest BCUT2D eigenvalue weighted by Gasteiger charge is 2.76. The van der Waals surface area contributed by atoms with E-state index in [9.17, 15) is 30.0 Å². The molecule has 4 N–H and O–H groups in total. The van der Waals surface area contributed by atoms with E-state index in [0.29, 0.717) is 23.5 Å². The van der Waals surface area contributed by atoms with Crippen molar-refractivity contribution in [2.75, 3.05) is 6.61 Å². The number of carbonyl (C=O) groups excluding carboxylic acids is 2. The molecule has 4 fully saturated rings. The molecule has 1 aromatic rings. The molecule has 6 rings (SSSR count). The summed E-state index contributed by atoms with van der Waals surface area (Å²) in [5.74, 6) is -1.20. The third kappa shape index (κ3) is 4.90. The summed E-state index contributed by atoms with van der Waals surface area (Å²) in [4.78, 5) is 27.3. The van der Waals surface area contributed by atoms with Gasteiger partial charge in [-0.25, -0.2) is 9.59 Å². The summed E-state index contributed by atoms with van der Waals surface area (Å²) in [5, 5.41) is 48.0. The first-order valence-electron chi connectivity index (χ1n) is 18.7. The summed E-state index contributed by atoms with van der Waals surface area (Å²) in [7, 11) is 0. The number of ether oxygens (including phenoxy) is 2. The molecule has 276 valence electrons. The number of carbonyl (C=O) groups is 2. The molecule has 0 heterocycles. The fourth-order valence-corrected chi connectivity index (χ4v) is 12.4. The summed E-state index contributed by atoms with van der Waals surface area (Å²) in [6.07, 6.45) is 3.03. The van der Waals surface area contributed by atoms with Crippen LogP contribution in [0.5, 0.6) is 0 Å². The number of hydrogen-bond acceptors (Lipinski definition) is 8. The summed E-state index contributed by atoms with van der Waals surface area (Å²) < 4.78 is 12.6. The van der Waals surface area contributed by atoms with Gasteiger partial charge in [0.25, 0.3) is 0 Å². The van der Waals surface area contributed by atoms with E-state index in [-0.39, 0.29) is 22.9 Å². The Balaban J connectivity index is 1.51. The van der Waals surface area contributed by atoms with Gasteiger partial charge in [-0.05, 0) is 98.5 Å². The number of rotatable bonds is 5. The van der Waals surface area contributed by atoms with Crippen molar-refractivity contribution >= 4 is 11.9 Å². The van der Waals surface area contributed by atoms with E-state index in [2.05, 4.69) is 40.7 Å². The second-order valence-electron chi connectivity index (χ2n) is 18.4. The zero-order valence-corrected chi connectivity index (χ0v) is 31.5. The van der Waals surface area contributed by atoms with Crippen LogP contribution in [0.1, 0.15) is 111 Å². The highest BCUT2D eigenvalue weighted by molar-refractivity contribution is 5.90. The molecule has 0 aromatic heterocycles. The van der Waals surface area contributed by atoms with Crippen LogP contribution in [0.3, 0.4) is 0 Å². The van der Waals surface area contributed by atoms with Crippen molar-refractivity contribution in [3.05, 3.63) is 59.2 Å². The quantitative estimate of drug-likeness (QED) is 0.158. The van der Waals surface area contributed by atoms with Gasteiger partial charge in [-0.15, -0.1) is 0 Å². The van der Waals surface area contributed by atoms with Gasteiger partial charge in [0.1, 0.15) is 6.10 Å². The van der Waals surface area contributed by atoms with Gasteiger partial charge in [-0.1, -0.05) is 84.4 Å². The molecule has 0 aliphatic heterocycles. The Labute approximate surface area is 298 Å². The SMILES string of the molecule is CC=C(C)C(=O)O[C@H]1[C@H](OC(=O)c2ccccc2)[C@@]2(CO)C(CC1(C)C)C1=CCC3[C@@]4(C)CC[C@H](O)C(C)(C)C4CC[C@@]3(C)[C@]1(C)[C@@H](O)[C@H]2O. The number of benzene rings is 1. The number of esters is 2. The third-order valence-electron chi connectivity index (χ3n) is 15.7. The summed E-state index contributed by atoms with van der Waals surface area (Å²) in [6.45, 7) is 18.0. The van der Waals surface area contributed by atoms with Gasteiger partial charge in [-0.3, -0.25) is 0 Å². The van der Waals surface area contributed by atoms with E-state index in [1.54, 1.807) is 50.3 Å². The van der Waals surface area contributed by atoms with Crippen LogP contribution in [0.2, 0.25) is 0 Å². The average Bonchev–Trinajstić information content (AvgIpc) is 3.07. The minimum Gasteiger partial charge on any atom is -0.454 e. The van der Waals surface area contributed by atoms with Crippen LogP contribution in [-0.4, -0.2) is 69.5 Å². The zero-order chi connectivity index (χ0) is 36.8. The lowest BCUT2D eigenvalue weighted by Gasteiger charge is -2.73. The highest BCUT2D eigenvalue weighted by Crippen LogP contribution is 2.76. The largest absolute Gasteiger partial charge is 0.454 e. The number of fused-ring (bicyclic) bond motifs is 7. The van der Waals surface area contributed by atoms with Crippen LogP contribution in [0.15, 0.2) is 53.6 Å². The number of allylic oxidation sites excluding steroid dienone is 2. The molecule has 8 nitrogen and oxygen atoms in total. The van der Waals surface area contributed by atoms with Gasteiger partial charge in [0.2, 0.25) is 0 Å². The average molecular weight is 693 g/mol. The Bertz CT molecular complexity index is 1560. The molecule has 5 aliphatic rings. The number of aliphatic hydroxyl groups is 4. The van der Waals surface area contributed by atoms with E-state index in [4.69, 9.17) is 9.47 Å². The lowest BCUT2D eigenvalue weighted by molar-refractivity contribution is -0.289. The summed E-state index contributed by atoms with van der Waals surface area (Å²) >= 11 is 0. The van der Waals surface area contributed by atoms with Gasteiger partial charge < -0.3 is 29.9 Å². The van der Waals surface area contributed by atoms with E-state index in [0.717, 1.165) is 37.7 Å². The van der Waals surface area contributed by atoms with Crippen molar-refractivity contribution < 1.29 is 39.5 Å². The van der Waals surface area contributed by atoms with Crippen molar-refractivity contribution in [2.24, 2.45) is 50.2 Å². The lowest BCUT2D eigenvalue weighted by atomic mass is 9.32. The maximum Gasteiger partial charge on any atom is 0.338 e. The van der Waals surface area contributed by atoms with Gasteiger partial charge in [-0.2, -0.15) is 0 Å². The molecule has 12 atom stereocenters. The Kier molecular flexibility index (Phi) is 9.15. The fourth-order valence-electron chi connectivity index (χ4n) is 12.4. The zero-order valence-electron chi connectivity index (χ0n) is 31.5. The molecule has 8 heteroatoms. The highest BCUT2D eigenvalue weighted by atomic mass is 16.6. The molecule has 0 spiro atoms. The lowest BCUT2D eigenvalue weighted by Crippen LogP contribution is -2.76. The van der Waals surface area contributed by atoms with E-state index < -0.39 is 70.5 Å².